The number of carbonyl (C=O) groups is 1. The molecule has 0 unspecified atom stereocenters. The molecule has 1 aromatic heterocycles. The van der Waals surface area contributed by atoms with Crippen molar-refractivity contribution in [2.24, 2.45) is 5.92 Å². The van der Waals surface area contributed by atoms with E-state index in [2.05, 4.69) is 21.2 Å². The second kappa shape index (κ2) is 8.37. The number of nitrogens with zero attached hydrogens (tertiary/aromatic N) is 1. The molecule has 0 radical (unpaired) electrons. The zero-order valence-electron chi connectivity index (χ0n) is 14.1. The molecule has 2 aromatic rings. The zero-order valence-corrected chi connectivity index (χ0v) is 16.5. The van der Waals surface area contributed by atoms with E-state index in [9.17, 15) is 4.79 Å². The average Bonchev–Trinajstić information content (AvgIpc) is 2.89. The van der Waals surface area contributed by atoms with Gasteiger partial charge in [-0.2, -0.15) is 0 Å². The highest BCUT2D eigenvalue weighted by molar-refractivity contribution is 9.10. The lowest BCUT2D eigenvalue weighted by Gasteiger charge is -2.31. The first-order valence-corrected chi connectivity index (χ1v) is 9.02. The summed E-state index contributed by atoms with van der Waals surface area (Å²) in [7, 11) is 1.99. The van der Waals surface area contributed by atoms with Crippen LogP contribution in [-0.2, 0) is 0 Å². The summed E-state index contributed by atoms with van der Waals surface area (Å²) in [6.07, 6.45) is 3.35. The fraction of sp³-hybridized carbons (Fsp3) is 0.500. The van der Waals surface area contributed by atoms with E-state index in [0.29, 0.717) is 5.76 Å². The summed E-state index contributed by atoms with van der Waals surface area (Å²) in [6.45, 7) is 4.67. The van der Waals surface area contributed by atoms with Crippen molar-refractivity contribution in [1.29, 1.82) is 0 Å². The Hall–Kier alpha value is -1.04. The van der Waals surface area contributed by atoms with Gasteiger partial charge >= 0.3 is 0 Å². The summed E-state index contributed by atoms with van der Waals surface area (Å²) >= 11 is 3.47. The lowest BCUT2D eigenvalue weighted by Crippen LogP contribution is -2.39. The van der Waals surface area contributed by atoms with Gasteiger partial charge in [0.05, 0.1) is 0 Å². The van der Waals surface area contributed by atoms with E-state index < -0.39 is 0 Å². The van der Waals surface area contributed by atoms with Crippen LogP contribution in [0.15, 0.2) is 27.1 Å². The normalized spacial score (nSPS) is 15.5. The number of hydrogen-bond donors (Lipinski definition) is 1. The van der Waals surface area contributed by atoms with Gasteiger partial charge in [-0.05, 0) is 63.9 Å². The van der Waals surface area contributed by atoms with Crippen LogP contribution < -0.4 is 5.32 Å². The van der Waals surface area contributed by atoms with Gasteiger partial charge < -0.3 is 14.6 Å². The Balaban J connectivity index is 0.00000208. The third-order valence-corrected chi connectivity index (χ3v) is 5.29. The van der Waals surface area contributed by atoms with E-state index in [1.54, 1.807) is 0 Å². The second-order valence-electron chi connectivity index (χ2n) is 6.32. The molecule has 1 amide bonds. The number of fused-ring (bicyclic) bond motifs is 1. The number of rotatable bonds is 4. The Labute approximate surface area is 157 Å². The maximum atomic E-state index is 12.8. The third kappa shape index (κ3) is 3.95. The highest BCUT2D eigenvalue weighted by Gasteiger charge is 2.27. The van der Waals surface area contributed by atoms with Crippen LogP contribution in [0.4, 0.5) is 0 Å². The number of carbonyl (C=O) groups excluding carboxylic acids is 1. The molecule has 6 heteroatoms. The molecule has 0 atom stereocenters. The minimum atomic E-state index is 0. The van der Waals surface area contributed by atoms with Gasteiger partial charge in [-0.15, -0.1) is 12.4 Å². The molecule has 0 spiro atoms. The summed E-state index contributed by atoms with van der Waals surface area (Å²) in [5, 5.41) is 4.21. The van der Waals surface area contributed by atoms with Crippen molar-refractivity contribution in [2.45, 2.75) is 26.2 Å². The molecule has 1 saturated heterocycles. The molecule has 1 aliphatic heterocycles. The highest BCUT2D eigenvalue weighted by atomic mass is 79.9. The van der Waals surface area contributed by atoms with Gasteiger partial charge in [-0.25, -0.2) is 0 Å². The second-order valence-corrected chi connectivity index (χ2v) is 7.24. The summed E-state index contributed by atoms with van der Waals surface area (Å²) in [5.41, 5.74) is 1.71. The third-order valence-electron chi connectivity index (χ3n) is 4.80. The molecule has 0 aliphatic carbocycles. The molecule has 2 heterocycles. The molecule has 4 nitrogen and oxygen atoms in total. The van der Waals surface area contributed by atoms with Crippen LogP contribution in [0.25, 0.3) is 11.0 Å². The van der Waals surface area contributed by atoms with Crippen LogP contribution in [0, 0.1) is 12.8 Å². The van der Waals surface area contributed by atoms with Gasteiger partial charge in [0.1, 0.15) is 5.58 Å². The van der Waals surface area contributed by atoms with Gasteiger partial charge in [0.2, 0.25) is 0 Å². The van der Waals surface area contributed by atoms with Gasteiger partial charge in [0.25, 0.3) is 5.91 Å². The van der Waals surface area contributed by atoms with Crippen molar-refractivity contribution in [2.75, 3.05) is 26.7 Å². The molecular formula is C18H24BrClN2O2. The molecule has 132 valence electrons. The standard InChI is InChI=1S/C18H23BrN2O2.ClH/c1-12-15-11-14(19)3-4-16(15)23-17(12)18(22)21-9-6-13(7-10-21)5-8-20-2;/h3-4,11,13,20H,5-10H2,1-2H3;1H. The van der Waals surface area contributed by atoms with Crippen LogP contribution in [0.2, 0.25) is 0 Å². The lowest BCUT2D eigenvalue weighted by atomic mass is 9.93. The number of nitrogens with one attached hydrogen (secondary N) is 1. The highest BCUT2D eigenvalue weighted by Crippen LogP contribution is 2.30. The Kier molecular flexibility index (Phi) is 6.72. The monoisotopic (exact) mass is 414 g/mol. The summed E-state index contributed by atoms with van der Waals surface area (Å²) in [4.78, 5) is 14.7. The lowest BCUT2D eigenvalue weighted by molar-refractivity contribution is 0.0656. The fourth-order valence-corrected chi connectivity index (χ4v) is 3.68. The van der Waals surface area contributed by atoms with Gasteiger partial charge in [0.15, 0.2) is 5.76 Å². The van der Waals surface area contributed by atoms with Crippen molar-refractivity contribution in [3.63, 3.8) is 0 Å². The summed E-state index contributed by atoms with van der Waals surface area (Å²) < 4.78 is 6.84. The molecule has 3 rings (SSSR count). The first-order chi connectivity index (χ1) is 11.1. The minimum absolute atomic E-state index is 0. The van der Waals surface area contributed by atoms with E-state index in [4.69, 9.17) is 4.42 Å². The Morgan fingerprint density at radius 2 is 2.08 bits per heavy atom. The molecule has 1 fully saturated rings. The van der Waals surface area contributed by atoms with Crippen molar-refractivity contribution >= 4 is 45.2 Å². The minimum Gasteiger partial charge on any atom is -0.451 e. The van der Waals surface area contributed by atoms with Crippen molar-refractivity contribution < 1.29 is 9.21 Å². The topological polar surface area (TPSA) is 45.5 Å². The van der Waals surface area contributed by atoms with E-state index in [-0.39, 0.29) is 18.3 Å². The molecule has 0 bridgehead atoms. The molecule has 1 N–H and O–H groups in total. The SMILES string of the molecule is CNCCC1CCN(C(=O)c2oc3ccc(Br)cc3c2C)CC1.Cl. The predicted octanol–water partition coefficient (Wildman–Crippen LogP) is 4.39. The number of aryl methyl sites for hydroxylation is 1. The van der Waals surface area contributed by atoms with Crippen LogP contribution in [-0.4, -0.2) is 37.5 Å². The maximum absolute atomic E-state index is 12.8. The van der Waals surface area contributed by atoms with Gasteiger partial charge in [-0.1, -0.05) is 15.9 Å². The molecule has 1 aliphatic rings. The number of likely N-dealkylation sites (tertiary alicyclic amines) is 1. The van der Waals surface area contributed by atoms with Crippen molar-refractivity contribution in [1.82, 2.24) is 10.2 Å². The van der Waals surface area contributed by atoms with Crippen LogP contribution in [0.1, 0.15) is 35.4 Å². The Morgan fingerprint density at radius 3 is 2.75 bits per heavy atom. The summed E-state index contributed by atoms with van der Waals surface area (Å²) in [6, 6.07) is 5.86. The van der Waals surface area contributed by atoms with E-state index in [0.717, 1.165) is 59.4 Å². The average molecular weight is 416 g/mol. The number of furan rings is 1. The fourth-order valence-electron chi connectivity index (χ4n) is 3.31. The number of benzene rings is 1. The predicted molar refractivity (Wildman–Crippen MR) is 103 cm³/mol. The van der Waals surface area contributed by atoms with Crippen LogP contribution in [0.5, 0.6) is 0 Å². The van der Waals surface area contributed by atoms with E-state index >= 15 is 0 Å². The summed E-state index contributed by atoms with van der Waals surface area (Å²) in [5.74, 6) is 1.24. The van der Waals surface area contributed by atoms with E-state index in [1.807, 2.05) is 37.1 Å². The maximum Gasteiger partial charge on any atom is 0.289 e. The Bertz CT molecular complexity index is 708. The Morgan fingerprint density at radius 1 is 1.38 bits per heavy atom. The molecular weight excluding hydrogens is 392 g/mol. The molecule has 1 aromatic carbocycles. The number of amides is 1. The quantitative estimate of drug-likeness (QED) is 0.805. The van der Waals surface area contributed by atoms with E-state index in [1.165, 1.54) is 6.42 Å². The van der Waals surface area contributed by atoms with Crippen molar-refractivity contribution in [3.05, 3.63) is 34.0 Å². The van der Waals surface area contributed by atoms with Crippen LogP contribution >= 0.6 is 28.3 Å². The van der Waals surface area contributed by atoms with Crippen molar-refractivity contribution in [3.8, 4) is 0 Å². The van der Waals surface area contributed by atoms with Gasteiger partial charge in [0, 0.05) is 28.5 Å². The molecule has 24 heavy (non-hydrogen) atoms. The largest absolute Gasteiger partial charge is 0.451 e. The number of halogens is 2. The first-order valence-electron chi connectivity index (χ1n) is 8.22. The number of hydrogen-bond acceptors (Lipinski definition) is 3. The van der Waals surface area contributed by atoms with Gasteiger partial charge in [-0.3, -0.25) is 4.79 Å². The smallest absolute Gasteiger partial charge is 0.289 e. The first kappa shape index (κ1) is 19.3. The zero-order chi connectivity index (χ0) is 16.4. The molecule has 0 saturated carbocycles. The number of piperidine rings is 1. The van der Waals surface area contributed by atoms with Crippen LogP contribution in [0.3, 0.4) is 0 Å².